The van der Waals surface area contributed by atoms with Crippen molar-refractivity contribution in [1.29, 1.82) is 0 Å². The second-order valence-electron chi connectivity index (χ2n) is 6.35. The second kappa shape index (κ2) is 6.06. The van der Waals surface area contributed by atoms with Gasteiger partial charge in [-0.15, -0.1) is 0 Å². The van der Waals surface area contributed by atoms with Gasteiger partial charge in [-0.1, -0.05) is 0 Å². The summed E-state index contributed by atoms with van der Waals surface area (Å²) in [5.41, 5.74) is 8.51. The molecule has 7 nitrogen and oxygen atoms in total. The molecule has 0 radical (unpaired) electrons. The minimum Gasteiger partial charge on any atom is -0.399 e. The molecule has 3 aromatic heterocycles. The van der Waals surface area contributed by atoms with Gasteiger partial charge in [0.2, 0.25) is 5.95 Å². The number of anilines is 3. The third kappa shape index (κ3) is 2.99. The molecule has 0 unspecified atom stereocenters. The molecule has 0 aliphatic heterocycles. The van der Waals surface area contributed by atoms with Gasteiger partial charge in [0.15, 0.2) is 11.0 Å². The lowest BCUT2D eigenvalue weighted by Gasteiger charge is -2.08. The number of H-pyrrole nitrogens is 1. The second-order valence-corrected chi connectivity index (χ2v) is 7.39. The summed E-state index contributed by atoms with van der Waals surface area (Å²) in [5.74, 6) is 2.09. The molecule has 0 amide bonds. The molecule has 4 aromatic rings. The van der Waals surface area contributed by atoms with Gasteiger partial charge in [0.1, 0.15) is 5.65 Å². The zero-order valence-corrected chi connectivity index (χ0v) is 14.7. The number of nitrogens with one attached hydrogen (secondary N) is 2. The van der Waals surface area contributed by atoms with E-state index in [-0.39, 0.29) is 0 Å². The van der Waals surface area contributed by atoms with Crippen molar-refractivity contribution in [2.75, 3.05) is 11.1 Å². The van der Waals surface area contributed by atoms with Crippen molar-refractivity contribution in [2.45, 2.75) is 28.8 Å². The van der Waals surface area contributed by atoms with Crippen LogP contribution >= 0.6 is 11.8 Å². The number of nitrogens with two attached hydrogens (primary N) is 1. The molecule has 0 saturated heterocycles. The maximum atomic E-state index is 5.75. The van der Waals surface area contributed by atoms with Crippen LogP contribution < -0.4 is 11.1 Å². The summed E-state index contributed by atoms with van der Waals surface area (Å²) >= 11 is 1.50. The summed E-state index contributed by atoms with van der Waals surface area (Å²) in [4.78, 5) is 10.3. The van der Waals surface area contributed by atoms with Crippen molar-refractivity contribution < 1.29 is 0 Å². The summed E-state index contributed by atoms with van der Waals surface area (Å²) in [5, 5.41) is 11.4. The van der Waals surface area contributed by atoms with Gasteiger partial charge >= 0.3 is 0 Å². The Morgan fingerprint density at radius 2 is 2.00 bits per heavy atom. The van der Waals surface area contributed by atoms with E-state index in [0.29, 0.717) is 17.0 Å². The van der Waals surface area contributed by atoms with Crippen LogP contribution in [0.25, 0.3) is 5.65 Å². The predicted octanol–water partition coefficient (Wildman–Crippen LogP) is 3.81. The van der Waals surface area contributed by atoms with Crippen LogP contribution in [0.3, 0.4) is 0 Å². The zero-order valence-electron chi connectivity index (χ0n) is 13.9. The molecule has 8 heteroatoms. The highest BCUT2D eigenvalue weighted by molar-refractivity contribution is 7.99. The Bertz CT molecular complexity index is 1060. The first-order valence-electron chi connectivity index (χ1n) is 8.45. The van der Waals surface area contributed by atoms with Crippen LogP contribution in [0.5, 0.6) is 0 Å². The first kappa shape index (κ1) is 15.3. The first-order valence-corrected chi connectivity index (χ1v) is 9.27. The van der Waals surface area contributed by atoms with E-state index in [9.17, 15) is 0 Å². The molecule has 3 heterocycles. The summed E-state index contributed by atoms with van der Waals surface area (Å²) in [7, 11) is 0. The Kier molecular flexibility index (Phi) is 3.56. The van der Waals surface area contributed by atoms with Gasteiger partial charge in [-0.2, -0.15) is 10.1 Å². The Hall–Kier alpha value is -3.00. The quantitative estimate of drug-likeness (QED) is 0.467. The number of nitrogens with zero attached hydrogens (tertiary/aromatic N) is 4. The van der Waals surface area contributed by atoms with E-state index in [0.717, 1.165) is 22.0 Å². The lowest BCUT2D eigenvalue weighted by molar-refractivity contribution is 0.911. The lowest BCUT2D eigenvalue weighted by Crippen LogP contribution is -2.04. The van der Waals surface area contributed by atoms with Crippen molar-refractivity contribution in [2.24, 2.45) is 0 Å². The van der Waals surface area contributed by atoms with Crippen molar-refractivity contribution in [1.82, 2.24) is 24.6 Å². The maximum Gasteiger partial charge on any atom is 0.216 e. The monoisotopic (exact) mass is 363 g/mol. The van der Waals surface area contributed by atoms with E-state index in [1.807, 2.05) is 47.0 Å². The minimum absolute atomic E-state index is 0.631. The van der Waals surface area contributed by atoms with Crippen LogP contribution in [0.15, 0.2) is 58.7 Å². The topological polar surface area (TPSA) is 96.9 Å². The third-order valence-corrected chi connectivity index (χ3v) is 5.18. The Balaban J connectivity index is 1.46. The number of benzene rings is 1. The standard InChI is InChI=1S/C18H17N7S/c19-12-5-7-13(8-6-12)26-18-21-16-2-1-9-25(16)17(22-18)20-15-10-14(23-24-15)11-3-4-11/h1-2,5-11H,3-4,19H2,(H2,20,21,22,23,24). The molecule has 0 bridgehead atoms. The largest absolute Gasteiger partial charge is 0.399 e. The summed E-state index contributed by atoms with van der Waals surface area (Å²) in [6.45, 7) is 0. The highest BCUT2D eigenvalue weighted by atomic mass is 32.2. The Morgan fingerprint density at radius 1 is 1.15 bits per heavy atom. The Morgan fingerprint density at radius 3 is 2.81 bits per heavy atom. The van der Waals surface area contributed by atoms with Gasteiger partial charge in [0.25, 0.3) is 0 Å². The average Bonchev–Trinajstić information content (AvgIpc) is 3.19. The Labute approximate surface area is 154 Å². The maximum absolute atomic E-state index is 5.75. The van der Waals surface area contributed by atoms with Gasteiger partial charge in [-0.3, -0.25) is 9.50 Å². The molecule has 1 aromatic carbocycles. The van der Waals surface area contributed by atoms with E-state index >= 15 is 0 Å². The number of fused-ring (bicyclic) bond motifs is 1. The summed E-state index contributed by atoms with van der Waals surface area (Å²) < 4.78 is 1.92. The van der Waals surface area contributed by atoms with Crippen molar-refractivity contribution in [3.8, 4) is 0 Å². The van der Waals surface area contributed by atoms with Gasteiger partial charge in [0, 0.05) is 34.5 Å². The van der Waals surface area contributed by atoms with Crippen LogP contribution in [-0.2, 0) is 0 Å². The average molecular weight is 363 g/mol. The van der Waals surface area contributed by atoms with E-state index in [1.165, 1.54) is 30.3 Å². The third-order valence-electron chi connectivity index (χ3n) is 4.31. The lowest BCUT2D eigenvalue weighted by atomic mass is 10.3. The SMILES string of the molecule is Nc1ccc(Sc2nc(Nc3cc(C4CC4)[nH]n3)n3cccc3n2)cc1. The minimum atomic E-state index is 0.631. The van der Waals surface area contributed by atoms with Crippen molar-refractivity contribution in [3.63, 3.8) is 0 Å². The smallest absolute Gasteiger partial charge is 0.216 e. The van der Waals surface area contributed by atoms with Crippen LogP contribution in [0, 0.1) is 0 Å². The highest BCUT2D eigenvalue weighted by Gasteiger charge is 2.25. The van der Waals surface area contributed by atoms with E-state index in [1.54, 1.807) is 0 Å². The fourth-order valence-corrected chi connectivity index (χ4v) is 3.56. The van der Waals surface area contributed by atoms with Gasteiger partial charge in [0.05, 0.1) is 0 Å². The number of aromatic nitrogens is 5. The highest BCUT2D eigenvalue weighted by Crippen LogP contribution is 2.39. The number of nitrogen functional groups attached to an aromatic ring is 1. The van der Waals surface area contributed by atoms with Crippen LogP contribution in [0.2, 0.25) is 0 Å². The van der Waals surface area contributed by atoms with Crippen molar-refractivity contribution in [3.05, 3.63) is 54.4 Å². The number of aromatic amines is 1. The molecule has 1 saturated carbocycles. The van der Waals surface area contributed by atoms with Crippen molar-refractivity contribution >= 4 is 34.9 Å². The van der Waals surface area contributed by atoms with Gasteiger partial charge in [-0.25, -0.2) is 4.98 Å². The molecule has 5 rings (SSSR count). The van der Waals surface area contributed by atoms with Crippen LogP contribution in [0.1, 0.15) is 24.5 Å². The summed E-state index contributed by atoms with van der Waals surface area (Å²) in [6, 6.07) is 13.7. The normalized spacial score (nSPS) is 14.0. The first-order chi connectivity index (χ1) is 12.7. The number of hydrogen-bond acceptors (Lipinski definition) is 6. The van der Waals surface area contributed by atoms with Gasteiger partial charge in [-0.05, 0) is 61.0 Å². The molecule has 130 valence electrons. The molecule has 0 spiro atoms. The van der Waals surface area contributed by atoms with Crippen LogP contribution in [0.4, 0.5) is 17.5 Å². The molecule has 1 fully saturated rings. The van der Waals surface area contributed by atoms with E-state index < -0.39 is 0 Å². The molecular weight excluding hydrogens is 346 g/mol. The van der Waals surface area contributed by atoms with Gasteiger partial charge < -0.3 is 11.1 Å². The fourth-order valence-electron chi connectivity index (χ4n) is 2.80. The number of hydrogen-bond donors (Lipinski definition) is 3. The molecule has 26 heavy (non-hydrogen) atoms. The molecule has 0 atom stereocenters. The molecule has 1 aliphatic rings. The predicted molar refractivity (Wildman–Crippen MR) is 102 cm³/mol. The van der Waals surface area contributed by atoms with E-state index in [4.69, 9.17) is 5.73 Å². The molecular formula is C18H17N7S. The molecule has 4 N–H and O–H groups in total. The molecule has 1 aliphatic carbocycles. The summed E-state index contributed by atoms with van der Waals surface area (Å²) in [6.07, 6.45) is 4.41. The zero-order chi connectivity index (χ0) is 17.5. The fraction of sp³-hybridized carbons (Fsp3) is 0.167. The van der Waals surface area contributed by atoms with Crippen LogP contribution in [-0.4, -0.2) is 24.6 Å². The van der Waals surface area contributed by atoms with E-state index in [2.05, 4.69) is 31.5 Å². The number of rotatable bonds is 5.